The van der Waals surface area contributed by atoms with Crippen molar-refractivity contribution in [1.29, 1.82) is 0 Å². The molecule has 0 bridgehead atoms. The van der Waals surface area contributed by atoms with Crippen molar-refractivity contribution in [2.24, 2.45) is 0 Å². The lowest BCUT2D eigenvalue weighted by atomic mass is 9.64. The Morgan fingerprint density at radius 2 is 1.41 bits per heavy atom. The van der Waals surface area contributed by atoms with Crippen LogP contribution in [0.15, 0.2) is 48.5 Å². The first-order valence-corrected chi connectivity index (χ1v) is 8.73. The molecule has 0 nitrogen and oxygen atoms in total. The molecule has 3 aromatic carbocycles. The Hall–Kier alpha value is -1.82. The Labute approximate surface area is 133 Å². The van der Waals surface area contributed by atoms with Crippen molar-refractivity contribution in [1.82, 2.24) is 0 Å². The third kappa shape index (κ3) is 1.83. The molecule has 1 aliphatic carbocycles. The first-order valence-electron chi connectivity index (χ1n) is 8.73. The molecule has 0 aromatic heterocycles. The van der Waals surface area contributed by atoms with Gasteiger partial charge in [0.1, 0.15) is 0 Å². The van der Waals surface area contributed by atoms with E-state index in [0.717, 1.165) is 0 Å². The van der Waals surface area contributed by atoms with Gasteiger partial charge in [0.2, 0.25) is 0 Å². The number of benzene rings is 3. The Bertz CT molecular complexity index is 835. The molecule has 0 saturated heterocycles. The first kappa shape index (κ1) is 13.8. The first-order chi connectivity index (χ1) is 10.8. The van der Waals surface area contributed by atoms with E-state index < -0.39 is 0 Å². The van der Waals surface area contributed by atoms with Crippen LogP contribution >= 0.6 is 0 Å². The molecule has 112 valence electrons. The molecular weight excluding hydrogens is 264 g/mol. The van der Waals surface area contributed by atoms with Crippen molar-refractivity contribution < 1.29 is 0 Å². The third-order valence-electron chi connectivity index (χ3n) is 5.53. The Morgan fingerprint density at radius 1 is 0.773 bits per heavy atom. The van der Waals surface area contributed by atoms with Crippen LogP contribution in [0.3, 0.4) is 0 Å². The molecule has 0 heterocycles. The topological polar surface area (TPSA) is 0 Å². The molecule has 0 amide bonds. The monoisotopic (exact) mass is 288 g/mol. The Kier molecular flexibility index (Phi) is 3.22. The molecule has 4 rings (SSSR count). The zero-order valence-corrected chi connectivity index (χ0v) is 13.7. The number of hydrogen-bond acceptors (Lipinski definition) is 0. The highest BCUT2D eigenvalue weighted by Gasteiger charge is 2.36. The highest BCUT2D eigenvalue weighted by atomic mass is 14.4. The summed E-state index contributed by atoms with van der Waals surface area (Å²) in [5, 5.41) is 5.86. The van der Waals surface area contributed by atoms with Crippen LogP contribution in [0, 0.1) is 0 Å². The molecule has 0 unspecified atom stereocenters. The van der Waals surface area contributed by atoms with Gasteiger partial charge in [-0.15, -0.1) is 0 Å². The normalized spacial score (nSPS) is 15.7. The summed E-state index contributed by atoms with van der Waals surface area (Å²) in [7, 11) is 0. The molecule has 0 radical (unpaired) electrons. The van der Waals surface area contributed by atoms with E-state index in [1.165, 1.54) is 53.6 Å². The lowest BCUT2D eigenvalue weighted by Crippen LogP contribution is -2.31. The molecular formula is C22H24. The average Bonchev–Trinajstić information content (AvgIpc) is 2.54. The molecule has 22 heavy (non-hydrogen) atoms. The fraction of sp³-hybridized carbons (Fsp3) is 0.364. The smallest absolute Gasteiger partial charge is 0.0000261 e. The van der Waals surface area contributed by atoms with E-state index in [4.69, 9.17) is 0 Å². The maximum atomic E-state index is 2.41. The number of rotatable bonds is 4. The van der Waals surface area contributed by atoms with E-state index in [9.17, 15) is 0 Å². The molecule has 0 aliphatic heterocycles. The van der Waals surface area contributed by atoms with Crippen LogP contribution in [-0.4, -0.2) is 0 Å². The highest BCUT2D eigenvalue weighted by molar-refractivity contribution is 6.12. The SMILES string of the molecule is CCCC1(CCC)Cc2cccc3ccc4cccc1c4c23. The molecule has 0 N–H and O–H groups in total. The van der Waals surface area contributed by atoms with E-state index in [1.807, 2.05) is 0 Å². The molecule has 0 atom stereocenters. The zero-order chi connectivity index (χ0) is 15.2. The Morgan fingerprint density at radius 3 is 2.09 bits per heavy atom. The van der Waals surface area contributed by atoms with Crippen molar-refractivity contribution in [3.63, 3.8) is 0 Å². The summed E-state index contributed by atoms with van der Waals surface area (Å²) < 4.78 is 0. The van der Waals surface area contributed by atoms with Gasteiger partial charge in [-0.1, -0.05) is 75.2 Å². The van der Waals surface area contributed by atoms with Crippen LogP contribution in [0.1, 0.15) is 50.7 Å². The van der Waals surface area contributed by atoms with Crippen molar-refractivity contribution >= 4 is 21.5 Å². The van der Waals surface area contributed by atoms with Gasteiger partial charge in [0, 0.05) is 0 Å². The van der Waals surface area contributed by atoms with Gasteiger partial charge in [-0.3, -0.25) is 0 Å². The van der Waals surface area contributed by atoms with Crippen LogP contribution in [0.25, 0.3) is 21.5 Å². The van der Waals surface area contributed by atoms with Crippen molar-refractivity contribution in [2.45, 2.75) is 51.4 Å². The summed E-state index contributed by atoms with van der Waals surface area (Å²) in [6.07, 6.45) is 6.32. The van der Waals surface area contributed by atoms with Gasteiger partial charge in [-0.05, 0) is 57.3 Å². The lowest BCUT2D eigenvalue weighted by molar-refractivity contribution is 0.354. The van der Waals surface area contributed by atoms with E-state index in [2.05, 4.69) is 62.4 Å². The average molecular weight is 288 g/mol. The molecule has 3 aromatic rings. The van der Waals surface area contributed by atoms with Crippen LogP contribution in [-0.2, 0) is 11.8 Å². The fourth-order valence-corrected chi connectivity index (χ4v) is 4.81. The van der Waals surface area contributed by atoms with Crippen molar-refractivity contribution in [3.8, 4) is 0 Å². The zero-order valence-electron chi connectivity index (χ0n) is 13.7. The molecule has 0 spiro atoms. The van der Waals surface area contributed by atoms with Gasteiger partial charge in [0.25, 0.3) is 0 Å². The number of hydrogen-bond donors (Lipinski definition) is 0. The fourth-order valence-electron chi connectivity index (χ4n) is 4.81. The van der Waals surface area contributed by atoms with Crippen LogP contribution in [0.2, 0.25) is 0 Å². The van der Waals surface area contributed by atoms with Gasteiger partial charge in [-0.25, -0.2) is 0 Å². The third-order valence-corrected chi connectivity index (χ3v) is 5.53. The summed E-state index contributed by atoms with van der Waals surface area (Å²) in [6, 6.07) is 18.4. The maximum Gasteiger partial charge on any atom is -0.0000261 e. The standard InChI is InChI=1S/C22H24/c1-3-13-22(14-4-2)15-18-9-5-7-16-11-12-17-8-6-10-19(22)21(17)20(16)18/h5-12H,3-4,13-15H2,1-2H3. The lowest BCUT2D eigenvalue weighted by Gasteiger charge is -2.39. The summed E-state index contributed by atoms with van der Waals surface area (Å²) >= 11 is 0. The minimum absolute atomic E-state index is 0.339. The molecule has 0 heteroatoms. The minimum Gasteiger partial charge on any atom is -0.0654 e. The van der Waals surface area contributed by atoms with Gasteiger partial charge in [0.15, 0.2) is 0 Å². The highest BCUT2D eigenvalue weighted by Crippen LogP contribution is 2.48. The van der Waals surface area contributed by atoms with Crippen LogP contribution in [0.5, 0.6) is 0 Å². The van der Waals surface area contributed by atoms with E-state index in [0.29, 0.717) is 5.41 Å². The molecule has 0 saturated carbocycles. The van der Waals surface area contributed by atoms with Gasteiger partial charge in [0.05, 0.1) is 0 Å². The largest absolute Gasteiger partial charge is 0.0654 e. The van der Waals surface area contributed by atoms with Crippen LogP contribution < -0.4 is 0 Å². The van der Waals surface area contributed by atoms with Gasteiger partial charge >= 0.3 is 0 Å². The second kappa shape index (κ2) is 5.12. The van der Waals surface area contributed by atoms with Gasteiger partial charge < -0.3 is 0 Å². The van der Waals surface area contributed by atoms with E-state index >= 15 is 0 Å². The second-order valence-corrected chi connectivity index (χ2v) is 6.94. The molecule has 0 fully saturated rings. The summed E-state index contributed by atoms with van der Waals surface area (Å²) in [5.41, 5.74) is 3.51. The van der Waals surface area contributed by atoms with Crippen molar-refractivity contribution in [2.75, 3.05) is 0 Å². The van der Waals surface area contributed by atoms with Crippen LogP contribution in [0.4, 0.5) is 0 Å². The maximum absolute atomic E-state index is 2.41. The molecule has 1 aliphatic rings. The minimum atomic E-state index is 0.339. The second-order valence-electron chi connectivity index (χ2n) is 6.94. The van der Waals surface area contributed by atoms with Gasteiger partial charge in [-0.2, -0.15) is 0 Å². The summed E-state index contributed by atoms with van der Waals surface area (Å²) in [5.74, 6) is 0. The summed E-state index contributed by atoms with van der Waals surface area (Å²) in [4.78, 5) is 0. The predicted octanol–water partition coefficient (Wildman–Crippen LogP) is 6.39. The quantitative estimate of drug-likeness (QED) is 0.488. The van der Waals surface area contributed by atoms with E-state index in [1.54, 1.807) is 11.1 Å². The van der Waals surface area contributed by atoms with E-state index in [-0.39, 0.29) is 0 Å². The Balaban J connectivity index is 2.14. The predicted molar refractivity (Wildman–Crippen MR) is 96.7 cm³/mol. The van der Waals surface area contributed by atoms with Crippen molar-refractivity contribution in [3.05, 3.63) is 59.7 Å². The summed E-state index contributed by atoms with van der Waals surface area (Å²) in [6.45, 7) is 4.66.